The first-order valence-corrected chi connectivity index (χ1v) is 9.34. The van der Waals surface area contributed by atoms with Crippen LogP contribution in [0.25, 0.3) is 0 Å². The van der Waals surface area contributed by atoms with E-state index in [4.69, 9.17) is 9.15 Å². The second-order valence-electron chi connectivity index (χ2n) is 6.05. The van der Waals surface area contributed by atoms with Gasteiger partial charge in [-0.25, -0.2) is 9.78 Å². The molecule has 0 saturated carbocycles. The smallest absolute Gasteiger partial charge is 0.409 e. The lowest BCUT2D eigenvalue weighted by Crippen LogP contribution is -2.46. The number of piperidine rings is 1. The first-order chi connectivity index (χ1) is 13.0. The molecular weight excluding hydrogens is 372 g/mol. The molecule has 1 saturated heterocycles. The van der Waals surface area contributed by atoms with Gasteiger partial charge in [0.1, 0.15) is 0 Å². The first kappa shape index (κ1) is 18.9. The summed E-state index contributed by atoms with van der Waals surface area (Å²) in [7, 11) is 1.36. The minimum Gasteiger partial charge on any atom is -0.459 e. The highest BCUT2D eigenvalue weighted by Gasteiger charge is 2.24. The molecule has 3 heterocycles. The fourth-order valence-electron chi connectivity index (χ4n) is 2.79. The second kappa shape index (κ2) is 8.67. The highest BCUT2D eigenvalue weighted by Crippen LogP contribution is 2.17. The number of furan rings is 1. The van der Waals surface area contributed by atoms with Crippen molar-refractivity contribution in [2.75, 3.05) is 25.5 Å². The van der Waals surface area contributed by atoms with Crippen molar-refractivity contribution >= 4 is 34.4 Å². The number of nitrogens with zero attached hydrogens (tertiary/aromatic N) is 2. The number of aromatic nitrogens is 1. The highest BCUT2D eigenvalue weighted by molar-refractivity contribution is 7.14. The standard InChI is InChI=1S/C17H20N4O5S/c1-25-17(24)21-6-4-11(5-7-21)18-14(22)9-12-10-27-16(19-12)20-15(23)13-3-2-8-26-13/h2-3,8,10-11H,4-7,9H2,1H3,(H,18,22)(H,19,20,23). The molecule has 0 bridgehead atoms. The van der Waals surface area contributed by atoms with Gasteiger partial charge in [-0.1, -0.05) is 0 Å². The van der Waals surface area contributed by atoms with Crippen LogP contribution in [-0.2, 0) is 16.0 Å². The van der Waals surface area contributed by atoms with Gasteiger partial charge in [0.05, 0.1) is 25.5 Å². The quantitative estimate of drug-likeness (QED) is 0.803. The molecule has 2 aromatic heterocycles. The predicted molar refractivity (Wildman–Crippen MR) is 97.6 cm³/mol. The Morgan fingerprint density at radius 3 is 2.81 bits per heavy atom. The Hall–Kier alpha value is -2.88. The minimum atomic E-state index is -0.386. The Morgan fingerprint density at radius 1 is 1.37 bits per heavy atom. The van der Waals surface area contributed by atoms with Gasteiger partial charge in [-0.05, 0) is 25.0 Å². The topological polar surface area (TPSA) is 114 Å². The number of ether oxygens (including phenoxy) is 1. The van der Waals surface area contributed by atoms with Gasteiger partial charge >= 0.3 is 6.09 Å². The summed E-state index contributed by atoms with van der Waals surface area (Å²) in [5.41, 5.74) is 0.583. The summed E-state index contributed by atoms with van der Waals surface area (Å²) >= 11 is 1.25. The zero-order chi connectivity index (χ0) is 19.2. The molecule has 2 N–H and O–H groups in total. The molecule has 1 fully saturated rings. The lowest BCUT2D eigenvalue weighted by Gasteiger charge is -2.31. The maximum absolute atomic E-state index is 12.2. The predicted octanol–water partition coefficient (Wildman–Crippen LogP) is 1.88. The van der Waals surface area contributed by atoms with Crippen molar-refractivity contribution in [3.05, 3.63) is 35.2 Å². The van der Waals surface area contributed by atoms with Gasteiger partial charge in [-0.15, -0.1) is 11.3 Å². The fraction of sp³-hybridized carbons (Fsp3) is 0.412. The molecule has 3 rings (SSSR count). The molecule has 0 aromatic carbocycles. The maximum Gasteiger partial charge on any atom is 0.409 e. The summed E-state index contributed by atoms with van der Waals surface area (Å²) in [6.07, 6.45) is 2.57. The number of anilines is 1. The van der Waals surface area contributed by atoms with Crippen molar-refractivity contribution in [3.8, 4) is 0 Å². The summed E-state index contributed by atoms with van der Waals surface area (Å²) in [5.74, 6) is -0.328. The number of hydrogen-bond donors (Lipinski definition) is 2. The van der Waals surface area contributed by atoms with Crippen LogP contribution in [0.4, 0.5) is 9.93 Å². The average Bonchev–Trinajstić information content (AvgIpc) is 3.34. The SMILES string of the molecule is COC(=O)N1CCC(NC(=O)Cc2csc(NC(=O)c3ccco3)n2)CC1. The van der Waals surface area contributed by atoms with E-state index in [1.54, 1.807) is 22.4 Å². The molecule has 2 aromatic rings. The van der Waals surface area contributed by atoms with E-state index in [0.717, 1.165) is 0 Å². The Bertz CT molecular complexity index is 796. The molecule has 0 atom stereocenters. The number of carbonyl (C=O) groups excluding carboxylic acids is 3. The molecule has 0 unspecified atom stereocenters. The van der Waals surface area contributed by atoms with Crippen molar-refractivity contribution in [2.24, 2.45) is 0 Å². The summed E-state index contributed by atoms with van der Waals surface area (Å²) < 4.78 is 9.72. The summed E-state index contributed by atoms with van der Waals surface area (Å²) in [4.78, 5) is 41.5. The van der Waals surface area contributed by atoms with Crippen molar-refractivity contribution < 1.29 is 23.5 Å². The summed E-state index contributed by atoms with van der Waals surface area (Å²) in [5, 5.41) is 7.74. The van der Waals surface area contributed by atoms with Crippen LogP contribution in [-0.4, -0.2) is 54.0 Å². The molecule has 27 heavy (non-hydrogen) atoms. The zero-order valence-electron chi connectivity index (χ0n) is 14.8. The number of carbonyl (C=O) groups is 3. The molecule has 10 heteroatoms. The maximum atomic E-state index is 12.2. The molecule has 1 aliphatic rings. The molecule has 0 spiro atoms. The van der Waals surface area contributed by atoms with Crippen LogP contribution in [0, 0.1) is 0 Å². The Labute approximate surface area is 159 Å². The molecule has 0 aliphatic carbocycles. The number of thiazole rings is 1. The van der Waals surface area contributed by atoms with Crippen molar-refractivity contribution in [1.82, 2.24) is 15.2 Å². The third-order valence-electron chi connectivity index (χ3n) is 4.15. The van der Waals surface area contributed by atoms with Crippen LogP contribution in [0.2, 0.25) is 0 Å². The van der Waals surface area contributed by atoms with Gasteiger partial charge in [-0.3, -0.25) is 14.9 Å². The van der Waals surface area contributed by atoms with Crippen LogP contribution in [0.15, 0.2) is 28.2 Å². The van der Waals surface area contributed by atoms with Gasteiger partial charge in [0.15, 0.2) is 10.9 Å². The third-order valence-corrected chi connectivity index (χ3v) is 4.96. The zero-order valence-corrected chi connectivity index (χ0v) is 15.6. The van der Waals surface area contributed by atoms with E-state index in [9.17, 15) is 14.4 Å². The van der Waals surface area contributed by atoms with Crippen LogP contribution in [0.5, 0.6) is 0 Å². The highest BCUT2D eigenvalue weighted by atomic mass is 32.1. The third kappa shape index (κ3) is 5.07. The lowest BCUT2D eigenvalue weighted by atomic mass is 10.1. The summed E-state index contributed by atoms with van der Waals surface area (Å²) in [6, 6.07) is 3.21. The Kier molecular flexibility index (Phi) is 6.07. The van der Waals surface area contributed by atoms with E-state index in [0.29, 0.717) is 36.8 Å². The second-order valence-corrected chi connectivity index (χ2v) is 6.91. The Balaban J connectivity index is 1.44. The minimum absolute atomic E-state index is 0.0233. The molecule has 144 valence electrons. The van der Waals surface area contributed by atoms with Crippen LogP contribution < -0.4 is 10.6 Å². The monoisotopic (exact) mass is 392 g/mol. The van der Waals surface area contributed by atoms with E-state index in [1.807, 2.05) is 0 Å². The van der Waals surface area contributed by atoms with Gasteiger partial charge in [0.25, 0.3) is 5.91 Å². The van der Waals surface area contributed by atoms with E-state index in [-0.39, 0.29) is 36.1 Å². The number of methoxy groups -OCH3 is 1. The normalized spacial score (nSPS) is 14.6. The lowest BCUT2D eigenvalue weighted by molar-refractivity contribution is -0.121. The molecule has 1 aliphatic heterocycles. The number of likely N-dealkylation sites (tertiary alicyclic amines) is 1. The molecule has 3 amide bonds. The molecule has 9 nitrogen and oxygen atoms in total. The number of nitrogens with one attached hydrogen (secondary N) is 2. The van der Waals surface area contributed by atoms with Gasteiger partial charge < -0.3 is 19.4 Å². The van der Waals surface area contributed by atoms with Crippen molar-refractivity contribution in [1.29, 1.82) is 0 Å². The van der Waals surface area contributed by atoms with Crippen molar-refractivity contribution in [2.45, 2.75) is 25.3 Å². The average molecular weight is 392 g/mol. The van der Waals surface area contributed by atoms with E-state index >= 15 is 0 Å². The van der Waals surface area contributed by atoms with Gasteiger partial charge in [0.2, 0.25) is 5.91 Å². The van der Waals surface area contributed by atoms with Gasteiger partial charge in [0, 0.05) is 24.5 Å². The van der Waals surface area contributed by atoms with Crippen molar-refractivity contribution in [3.63, 3.8) is 0 Å². The van der Waals surface area contributed by atoms with E-state index < -0.39 is 0 Å². The first-order valence-electron chi connectivity index (χ1n) is 8.46. The fourth-order valence-corrected chi connectivity index (χ4v) is 3.50. The van der Waals surface area contributed by atoms with Crippen LogP contribution in [0.3, 0.4) is 0 Å². The Morgan fingerprint density at radius 2 is 2.15 bits per heavy atom. The van der Waals surface area contributed by atoms with Crippen LogP contribution >= 0.6 is 11.3 Å². The van der Waals surface area contributed by atoms with E-state index in [1.165, 1.54) is 24.7 Å². The largest absolute Gasteiger partial charge is 0.459 e. The number of rotatable bonds is 5. The van der Waals surface area contributed by atoms with E-state index in [2.05, 4.69) is 15.6 Å². The van der Waals surface area contributed by atoms with Gasteiger partial charge in [-0.2, -0.15) is 0 Å². The number of amides is 3. The van der Waals surface area contributed by atoms with Crippen LogP contribution in [0.1, 0.15) is 29.1 Å². The molecule has 0 radical (unpaired) electrons. The number of hydrogen-bond acceptors (Lipinski definition) is 7. The molecular formula is C17H20N4O5S. The summed E-state index contributed by atoms with van der Waals surface area (Å²) in [6.45, 7) is 1.11.